The van der Waals surface area contributed by atoms with E-state index in [2.05, 4.69) is 41.3 Å². The quantitative estimate of drug-likeness (QED) is 0.252. The molecule has 0 radical (unpaired) electrons. The summed E-state index contributed by atoms with van der Waals surface area (Å²) in [6.07, 6.45) is 3.18. The van der Waals surface area contributed by atoms with Crippen molar-refractivity contribution >= 4 is 5.82 Å². The van der Waals surface area contributed by atoms with Crippen LogP contribution in [-0.4, -0.2) is 41.7 Å². The van der Waals surface area contributed by atoms with Crippen LogP contribution in [0.3, 0.4) is 0 Å². The minimum atomic E-state index is -0.696. The van der Waals surface area contributed by atoms with E-state index in [1.807, 2.05) is 49.5 Å². The van der Waals surface area contributed by atoms with Crippen molar-refractivity contribution in [3.63, 3.8) is 0 Å². The van der Waals surface area contributed by atoms with E-state index in [0.29, 0.717) is 30.5 Å². The number of aromatic nitrogens is 5. The summed E-state index contributed by atoms with van der Waals surface area (Å²) in [5.74, 6) is 1.65. The van der Waals surface area contributed by atoms with Gasteiger partial charge >= 0.3 is 11.8 Å². The molecule has 186 valence electrons. The number of hydrogen-bond acceptors (Lipinski definition) is 8. The average molecular weight is 491 g/mol. The monoisotopic (exact) mass is 490 g/mol. The van der Waals surface area contributed by atoms with Gasteiger partial charge in [0.25, 0.3) is 0 Å². The number of nitrogens with zero attached hydrogens (tertiary/aromatic N) is 6. The van der Waals surface area contributed by atoms with Gasteiger partial charge in [-0.25, -0.2) is 4.68 Å². The Morgan fingerprint density at radius 3 is 2.67 bits per heavy atom. The van der Waals surface area contributed by atoms with Crippen molar-refractivity contribution in [2.24, 2.45) is 0 Å². The molecule has 0 spiro atoms. The Balaban J connectivity index is 1.18. The van der Waals surface area contributed by atoms with Crippen molar-refractivity contribution in [2.45, 2.75) is 45.4 Å². The van der Waals surface area contributed by atoms with Gasteiger partial charge in [0.2, 0.25) is 0 Å². The van der Waals surface area contributed by atoms with Crippen molar-refractivity contribution < 1.29 is 19.1 Å². The maximum atomic E-state index is 10.9. The van der Waals surface area contributed by atoms with Crippen LogP contribution in [0, 0.1) is 10.1 Å². The molecule has 0 amide bonds. The van der Waals surface area contributed by atoms with Crippen LogP contribution in [0.2, 0.25) is 0 Å². The highest BCUT2D eigenvalue weighted by Crippen LogP contribution is 2.31. The lowest BCUT2D eigenvalue weighted by Crippen LogP contribution is -2.38. The molecule has 2 aromatic carbocycles. The Labute approximate surface area is 207 Å². The van der Waals surface area contributed by atoms with Gasteiger partial charge < -0.3 is 24.3 Å². The van der Waals surface area contributed by atoms with Gasteiger partial charge in [-0.2, -0.15) is 0 Å². The number of benzene rings is 2. The van der Waals surface area contributed by atoms with Crippen LogP contribution < -0.4 is 14.2 Å². The zero-order chi connectivity index (χ0) is 25.3. The largest absolute Gasteiger partial charge is 0.489 e. The van der Waals surface area contributed by atoms with E-state index in [0.717, 1.165) is 11.4 Å². The predicted octanol–water partition coefficient (Wildman–Crippen LogP) is 4.30. The predicted molar refractivity (Wildman–Crippen MR) is 130 cm³/mol. The van der Waals surface area contributed by atoms with Gasteiger partial charge in [0.1, 0.15) is 36.6 Å². The first-order valence-corrected chi connectivity index (χ1v) is 11.6. The number of nitro groups is 1. The summed E-state index contributed by atoms with van der Waals surface area (Å²) in [5.41, 5.74) is 2.05. The highest BCUT2D eigenvalue weighted by Gasteiger charge is 2.41. The molecule has 0 saturated heterocycles. The molecule has 1 atom stereocenters. The molecule has 0 aliphatic carbocycles. The summed E-state index contributed by atoms with van der Waals surface area (Å²) in [5, 5.41) is 19.3. The highest BCUT2D eigenvalue weighted by molar-refractivity contribution is 5.38. The molecule has 1 aliphatic heterocycles. The zero-order valence-electron chi connectivity index (χ0n) is 20.2. The van der Waals surface area contributed by atoms with E-state index in [1.165, 1.54) is 11.8 Å². The highest BCUT2D eigenvalue weighted by atomic mass is 16.6. The van der Waals surface area contributed by atoms with Crippen molar-refractivity contribution in [3.05, 3.63) is 82.3 Å². The van der Waals surface area contributed by atoms with Gasteiger partial charge in [0, 0.05) is 11.1 Å². The molecule has 11 heteroatoms. The topological polar surface area (TPSA) is 119 Å². The minimum absolute atomic E-state index is 0.217. The number of fused-ring (bicyclic) bond motifs is 1. The van der Waals surface area contributed by atoms with E-state index >= 15 is 0 Å². The second-order valence-corrected chi connectivity index (χ2v) is 9.27. The SMILES string of the molecule is CC(C)c1ccc(OCc2cn(-c3cccc(OC[C@@]4(C)Cn5cc([N+](=O)[O-])nc5O4)c3)nn2)cc1. The Kier molecular flexibility index (Phi) is 6.05. The average Bonchev–Trinajstić information content (AvgIpc) is 3.56. The fourth-order valence-electron chi connectivity index (χ4n) is 3.91. The van der Waals surface area contributed by atoms with Crippen LogP contribution in [0.1, 0.15) is 37.9 Å². The second kappa shape index (κ2) is 9.33. The molecule has 11 nitrogen and oxygen atoms in total. The summed E-state index contributed by atoms with van der Waals surface area (Å²) in [6, 6.07) is 15.7. The molecule has 0 fully saturated rings. The van der Waals surface area contributed by atoms with Crippen LogP contribution in [-0.2, 0) is 13.2 Å². The van der Waals surface area contributed by atoms with Crippen molar-refractivity contribution in [3.8, 4) is 23.2 Å². The summed E-state index contributed by atoms with van der Waals surface area (Å²) in [4.78, 5) is 14.3. The van der Waals surface area contributed by atoms with Gasteiger partial charge in [-0.1, -0.05) is 37.3 Å². The third kappa shape index (κ3) is 4.99. The number of hydrogen-bond donors (Lipinski definition) is 0. The van der Waals surface area contributed by atoms with Crippen molar-refractivity contribution in [2.75, 3.05) is 6.61 Å². The molecule has 0 bridgehead atoms. The Hall–Kier alpha value is -4.41. The molecule has 1 aliphatic rings. The minimum Gasteiger partial charge on any atom is -0.489 e. The van der Waals surface area contributed by atoms with E-state index in [4.69, 9.17) is 14.2 Å². The molecule has 0 N–H and O–H groups in total. The molecule has 0 saturated carbocycles. The number of ether oxygens (including phenoxy) is 3. The van der Waals surface area contributed by atoms with Crippen molar-refractivity contribution in [1.82, 2.24) is 24.5 Å². The third-order valence-corrected chi connectivity index (χ3v) is 5.86. The van der Waals surface area contributed by atoms with Crippen LogP contribution in [0.5, 0.6) is 17.5 Å². The molecule has 3 heterocycles. The summed E-state index contributed by atoms with van der Waals surface area (Å²) in [6.45, 7) is 7.12. The van der Waals surface area contributed by atoms with Crippen LogP contribution >= 0.6 is 0 Å². The molecule has 36 heavy (non-hydrogen) atoms. The Morgan fingerprint density at radius 1 is 1.14 bits per heavy atom. The third-order valence-electron chi connectivity index (χ3n) is 5.86. The maximum Gasteiger partial charge on any atom is 0.415 e. The smallest absolute Gasteiger partial charge is 0.415 e. The first-order chi connectivity index (χ1) is 17.3. The van der Waals surface area contributed by atoms with Gasteiger partial charge in [-0.05, 0) is 47.6 Å². The van der Waals surface area contributed by atoms with Crippen LogP contribution in [0.15, 0.2) is 60.9 Å². The molecule has 4 aromatic rings. The summed E-state index contributed by atoms with van der Waals surface area (Å²) >= 11 is 0. The van der Waals surface area contributed by atoms with Gasteiger partial charge in [0.05, 0.1) is 18.4 Å². The maximum absolute atomic E-state index is 10.9. The first kappa shape index (κ1) is 23.3. The standard InChI is InChI=1S/C25H26N6O5/c1-17(2)18-7-9-21(10-8-18)34-14-19-12-30(28-27-19)20-5-4-6-22(11-20)35-16-25(3)15-29-13-23(31(32)33)26-24(29)36-25/h4-13,17H,14-16H2,1-3H3/t25-/m1/s1. The fraction of sp³-hybridized carbons (Fsp3) is 0.320. The zero-order valence-corrected chi connectivity index (χ0v) is 20.2. The summed E-state index contributed by atoms with van der Waals surface area (Å²) < 4.78 is 20.9. The van der Waals surface area contributed by atoms with Crippen LogP contribution in [0.25, 0.3) is 5.69 Å². The summed E-state index contributed by atoms with van der Waals surface area (Å²) in [7, 11) is 0. The fourth-order valence-corrected chi connectivity index (χ4v) is 3.91. The Morgan fingerprint density at radius 2 is 1.94 bits per heavy atom. The second-order valence-electron chi connectivity index (χ2n) is 9.27. The van der Waals surface area contributed by atoms with E-state index < -0.39 is 10.5 Å². The lowest BCUT2D eigenvalue weighted by molar-refractivity contribution is -0.389. The van der Waals surface area contributed by atoms with Gasteiger partial charge in [0.15, 0.2) is 5.60 Å². The van der Waals surface area contributed by atoms with E-state index in [1.54, 1.807) is 9.25 Å². The molecule has 0 unspecified atom stereocenters. The number of rotatable bonds is 9. The Bertz CT molecular complexity index is 1350. The number of imidazole rings is 1. The molecular formula is C25H26N6O5. The lowest BCUT2D eigenvalue weighted by atomic mass is 10.0. The first-order valence-electron chi connectivity index (χ1n) is 11.6. The van der Waals surface area contributed by atoms with Crippen molar-refractivity contribution in [1.29, 1.82) is 0 Å². The van der Waals surface area contributed by atoms with E-state index in [9.17, 15) is 10.1 Å². The van der Waals surface area contributed by atoms with E-state index in [-0.39, 0.29) is 18.4 Å². The molecule has 5 rings (SSSR count). The lowest BCUT2D eigenvalue weighted by Gasteiger charge is -2.22. The van der Waals surface area contributed by atoms with Gasteiger partial charge in [-0.15, -0.1) is 5.10 Å². The van der Waals surface area contributed by atoms with Gasteiger partial charge in [-0.3, -0.25) is 4.57 Å². The molecule has 2 aromatic heterocycles. The normalized spacial score (nSPS) is 16.6. The molecular weight excluding hydrogens is 464 g/mol. The van der Waals surface area contributed by atoms with Crippen LogP contribution in [0.4, 0.5) is 5.82 Å².